The summed E-state index contributed by atoms with van der Waals surface area (Å²) >= 11 is 1.49. The number of carbonyl (C=O) groups is 1. The minimum Gasteiger partial charge on any atom is -0.489 e. The van der Waals surface area contributed by atoms with Crippen LogP contribution in [0, 0.1) is 0 Å². The van der Waals surface area contributed by atoms with Crippen LogP contribution in [0.5, 0.6) is 5.75 Å². The number of hydrogen-bond acceptors (Lipinski definition) is 5. The zero-order valence-electron chi connectivity index (χ0n) is 17.5. The van der Waals surface area contributed by atoms with Gasteiger partial charge in [-0.1, -0.05) is 24.3 Å². The van der Waals surface area contributed by atoms with Crippen LogP contribution in [0.4, 0.5) is 13.2 Å². The number of alkyl halides is 3. The van der Waals surface area contributed by atoms with E-state index in [1.807, 2.05) is 18.2 Å². The molecule has 0 radical (unpaired) electrons. The summed E-state index contributed by atoms with van der Waals surface area (Å²) < 4.78 is 50.0. The molecule has 4 aromatic rings. The number of nitrogens with zero attached hydrogens (tertiary/aromatic N) is 1. The van der Waals surface area contributed by atoms with Gasteiger partial charge >= 0.3 is 17.9 Å². The number of aromatic nitrogens is 1. The Morgan fingerprint density at radius 1 is 1.03 bits per heavy atom. The second kappa shape index (κ2) is 9.68. The minimum absolute atomic E-state index is 0.137. The van der Waals surface area contributed by atoms with Crippen LogP contribution >= 0.6 is 11.8 Å². The van der Waals surface area contributed by atoms with Crippen molar-refractivity contribution in [2.75, 3.05) is 0 Å². The summed E-state index contributed by atoms with van der Waals surface area (Å²) in [5, 5.41) is 8.94. The highest BCUT2D eigenvalue weighted by Crippen LogP contribution is 2.30. The first-order valence-corrected chi connectivity index (χ1v) is 11.0. The molecule has 0 unspecified atom stereocenters. The van der Waals surface area contributed by atoms with Gasteiger partial charge in [-0.25, -0.2) is 4.79 Å². The summed E-state index contributed by atoms with van der Waals surface area (Å²) in [6.07, 6.45) is -4.37. The number of rotatable bonds is 8. The normalized spacial score (nSPS) is 11.6. The third kappa shape index (κ3) is 5.63. The second-order valence-electron chi connectivity index (χ2n) is 7.40. The van der Waals surface area contributed by atoms with E-state index in [-0.39, 0.29) is 6.61 Å². The summed E-state index contributed by atoms with van der Waals surface area (Å²) in [5.41, 5.74) is 1.60. The number of oxazole rings is 1. The zero-order chi connectivity index (χ0) is 24.3. The number of carboxylic acids is 1. The maximum Gasteiger partial charge on any atom is 0.420 e. The quantitative estimate of drug-likeness (QED) is 0.326. The highest BCUT2D eigenvalue weighted by atomic mass is 32.2. The lowest BCUT2D eigenvalue weighted by molar-refractivity contribution is -0.138. The Kier molecular flexibility index (Phi) is 6.69. The van der Waals surface area contributed by atoms with E-state index in [4.69, 9.17) is 14.3 Å². The topological polar surface area (TPSA) is 81.7 Å². The van der Waals surface area contributed by atoms with Crippen LogP contribution in [0.1, 0.15) is 16.7 Å². The second-order valence-corrected chi connectivity index (χ2v) is 8.45. The van der Waals surface area contributed by atoms with Gasteiger partial charge in [0.05, 0.1) is 11.1 Å². The molecule has 10 heteroatoms. The van der Waals surface area contributed by atoms with Crippen molar-refractivity contribution in [3.05, 3.63) is 94.0 Å². The number of carboxylic acid groups (broad SMARTS) is 1. The Hall–Kier alpha value is -3.66. The van der Waals surface area contributed by atoms with Gasteiger partial charge in [0.2, 0.25) is 0 Å². The van der Waals surface area contributed by atoms with E-state index < -0.39 is 30.0 Å². The van der Waals surface area contributed by atoms with Crippen LogP contribution in [0.2, 0.25) is 0 Å². The molecule has 0 aliphatic heterocycles. The molecule has 1 heterocycles. The molecular formula is C24H18F3NO5S. The first kappa shape index (κ1) is 23.5. The van der Waals surface area contributed by atoms with Crippen molar-refractivity contribution < 1.29 is 32.2 Å². The summed E-state index contributed by atoms with van der Waals surface area (Å²) in [5.74, 6) is -0.686. The number of benzene rings is 3. The fraction of sp³-hybridized carbons (Fsp3) is 0.167. The molecule has 1 aromatic heterocycles. The van der Waals surface area contributed by atoms with Crippen LogP contribution in [-0.4, -0.2) is 15.6 Å². The number of ether oxygens (including phenoxy) is 1. The first-order valence-electron chi connectivity index (χ1n) is 10.0. The molecule has 4 rings (SSSR count). The maximum absolute atomic E-state index is 12.7. The molecule has 0 spiro atoms. The van der Waals surface area contributed by atoms with Crippen molar-refractivity contribution in [3.8, 4) is 5.75 Å². The van der Waals surface area contributed by atoms with Gasteiger partial charge in [0.15, 0.2) is 5.58 Å². The molecule has 3 aromatic carbocycles. The first-order chi connectivity index (χ1) is 16.2. The predicted molar refractivity (Wildman–Crippen MR) is 120 cm³/mol. The molecule has 1 N–H and O–H groups in total. The van der Waals surface area contributed by atoms with Gasteiger partial charge in [-0.3, -0.25) is 9.36 Å². The van der Waals surface area contributed by atoms with Crippen molar-refractivity contribution in [1.82, 2.24) is 4.57 Å². The third-order valence-corrected chi connectivity index (χ3v) is 5.99. The van der Waals surface area contributed by atoms with Crippen LogP contribution < -0.4 is 10.5 Å². The van der Waals surface area contributed by atoms with Crippen LogP contribution in [0.25, 0.3) is 11.1 Å². The molecule has 34 heavy (non-hydrogen) atoms. The Morgan fingerprint density at radius 3 is 2.50 bits per heavy atom. The van der Waals surface area contributed by atoms with E-state index in [9.17, 15) is 22.8 Å². The van der Waals surface area contributed by atoms with Gasteiger partial charge in [-0.2, -0.15) is 13.2 Å². The standard InChI is InChI=1S/C24H18F3NO5S/c25-24(26,27)17-6-4-15(5-7-17)13-32-18-3-1-2-16(10-18)14-34-19-8-9-20-21(11-19)33-23(31)28(20)12-22(29)30/h1-11H,12-14H2,(H,29,30). The van der Waals surface area contributed by atoms with E-state index in [2.05, 4.69) is 0 Å². The molecule has 0 saturated carbocycles. The monoisotopic (exact) mass is 489 g/mol. The predicted octanol–water partition coefficient (Wildman–Crippen LogP) is 5.57. The number of fused-ring (bicyclic) bond motifs is 1. The fourth-order valence-corrected chi connectivity index (χ4v) is 4.14. The van der Waals surface area contributed by atoms with Crippen molar-refractivity contribution >= 4 is 28.8 Å². The Labute approximate surface area is 195 Å². The van der Waals surface area contributed by atoms with Crippen molar-refractivity contribution in [3.63, 3.8) is 0 Å². The molecule has 0 atom stereocenters. The van der Waals surface area contributed by atoms with Crippen molar-refractivity contribution in [2.24, 2.45) is 0 Å². The molecule has 0 fully saturated rings. The number of halogens is 3. The third-order valence-electron chi connectivity index (χ3n) is 4.92. The fourth-order valence-electron chi connectivity index (χ4n) is 3.27. The van der Waals surface area contributed by atoms with Crippen molar-refractivity contribution in [1.29, 1.82) is 0 Å². The largest absolute Gasteiger partial charge is 0.489 e. The SMILES string of the molecule is O=C(O)Cn1c(=O)oc2cc(SCc3cccc(OCc4ccc(C(F)(F)F)cc4)c3)ccc21. The molecular weight excluding hydrogens is 471 g/mol. The number of thioether (sulfide) groups is 1. The lowest BCUT2D eigenvalue weighted by Gasteiger charge is -2.10. The molecule has 0 saturated heterocycles. The van der Waals surface area contributed by atoms with Gasteiger partial charge < -0.3 is 14.3 Å². The highest BCUT2D eigenvalue weighted by molar-refractivity contribution is 7.98. The van der Waals surface area contributed by atoms with Crippen LogP contribution in [-0.2, 0) is 29.9 Å². The van der Waals surface area contributed by atoms with E-state index in [1.54, 1.807) is 24.3 Å². The van der Waals surface area contributed by atoms with E-state index >= 15 is 0 Å². The Morgan fingerprint density at radius 2 is 1.79 bits per heavy atom. The molecule has 176 valence electrons. The lowest BCUT2D eigenvalue weighted by Crippen LogP contribution is -2.19. The minimum atomic E-state index is -4.37. The summed E-state index contributed by atoms with van der Waals surface area (Å²) in [4.78, 5) is 23.7. The lowest BCUT2D eigenvalue weighted by atomic mass is 10.1. The van der Waals surface area contributed by atoms with Gasteiger partial charge in [0.25, 0.3) is 0 Å². The smallest absolute Gasteiger partial charge is 0.420 e. The maximum atomic E-state index is 12.7. The molecule has 0 aliphatic rings. The average molecular weight is 489 g/mol. The van der Waals surface area contributed by atoms with Crippen LogP contribution in [0.15, 0.2) is 80.8 Å². The van der Waals surface area contributed by atoms with E-state index in [1.165, 1.54) is 23.9 Å². The van der Waals surface area contributed by atoms with Gasteiger partial charge in [0.1, 0.15) is 18.9 Å². The summed E-state index contributed by atoms with van der Waals surface area (Å²) in [6, 6.07) is 17.3. The average Bonchev–Trinajstić information content (AvgIpc) is 3.10. The van der Waals surface area contributed by atoms with E-state index in [0.717, 1.165) is 27.2 Å². The van der Waals surface area contributed by atoms with Gasteiger partial charge in [-0.05, 0) is 53.6 Å². The zero-order valence-corrected chi connectivity index (χ0v) is 18.4. The molecule has 0 aliphatic carbocycles. The van der Waals surface area contributed by atoms with Gasteiger partial charge in [0, 0.05) is 10.6 Å². The Bertz CT molecular complexity index is 1380. The summed E-state index contributed by atoms with van der Waals surface area (Å²) in [6.45, 7) is -0.338. The number of aliphatic carboxylic acids is 1. The molecule has 0 amide bonds. The molecule has 6 nitrogen and oxygen atoms in total. The van der Waals surface area contributed by atoms with E-state index in [0.29, 0.717) is 28.2 Å². The van der Waals surface area contributed by atoms with Crippen LogP contribution in [0.3, 0.4) is 0 Å². The highest BCUT2D eigenvalue weighted by Gasteiger charge is 2.29. The van der Waals surface area contributed by atoms with Crippen molar-refractivity contribution in [2.45, 2.75) is 30.0 Å². The van der Waals surface area contributed by atoms with Gasteiger partial charge in [-0.15, -0.1) is 11.8 Å². The number of hydrogen-bond donors (Lipinski definition) is 1. The Balaban J connectivity index is 1.38. The summed E-state index contributed by atoms with van der Waals surface area (Å²) in [7, 11) is 0. The molecule has 0 bridgehead atoms.